The molecule has 2 fully saturated rings. The fraction of sp³-hybridized carbons (Fsp3) is 0.500. The average molecular weight is 344 g/mol. The summed E-state index contributed by atoms with van der Waals surface area (Å²) in [4.78, 5) is 28.4. The third-order valence-corrected chi connectivity index (χ3v) is 5.10. The number of carbonyl (C=O) groups excluding carboxylic acids is 2. The van der Waals surface area contributed by atoms with Crippen LogP contribution in [-0.2, 0) is 9.59 Å². The number of halogens is 1. The third kappa shape index (κ3) is 4.68. The van der Waals surface area contributed by atoms with E-state index in [1.807, 2.05) is 9.80 Å². The monoisotopic (exact) mass is 344 g/mol. The van der Waals surface area contributed by atoms with Gasteiger partial charge in [0.2, 0.25) is 11.8 Å². The molecule has 0 radical (unpaired) electrons. The van der Waals surface area contributed by atoms with Gasteiger partial charge in [0.05, 0.1) is 0 Å². The lowest BCUT2D eigenvalue weighted by Crippen LogP contribution is -2.51. The van der Waals surface area contributed by atoms with Crippen molar-refractivity contribution >= 4 is 17.9 Å². The molecule has 3 rings (SSSR count). The van der Waals surface area contributed by atoms with Crippen molar-refractivity contribution < 1.29 is 14.0 Å². The van der Waals surface area contributed by atoms with Gasteiger partial charge in [-0.15, -0.1) is 0 Å². The van der Waals surface area contributed by atoms with E-state index < -0.39 is 0 Å². The standard InChI is InChI=1S/C20H25FN2O2/c21-18-9-3-5-16(15-18)6-4-10-19(24)22-11-13-23(14-12-22)20(25)17-7-1-2-8-17/h3-6,9,15,17H,1-2,7-8,10-14H2. The van der Waals surface area contributed by atoms with Crippen molar-refractivity contribution in [3.63, 3.8) is 0 Å². The van der Waals surface area contributed by atoms with Crippen LogP contribution in [0.2, 0.25) is 0 Å². The number of hydrogen-bond donors (Lipinski definition) is 0. The topological polar surface area (TPSA) is 40.6 Å². The molecule has 1 heterocycles. The summed E-state index contributed by atoms with van der Waals surface area (Å²) in [6, 6.07) is 6.29. The Bertz CT molecular complexity index is 645. The van der Waals surface area contributed by atoms with E-state index in [-0.39, 0.29) is 23.5 Å². The molecule has 5 heteroatoms. The molecule has 0 aromatic heterocycles. The molecule has 1 saturated heterocycles. The molecule has 0 bridgehead atoms. The molecular weight excluding hydrogens is 319 g/mol. The molecule has 2 aliphatic rings. The van der Waals surface area contributed by atoms with E-state index in [1.54, 1.807) is 24.3 Å². The molecule has 4 nitrogen and oxygen atoms in total. The molecule has 1 aliphatic carbocycles. The highest BCUT2D eigenvalue weighted by molar-refractivity contribution is 5.81. The molecule has 0 N–H and O–H groups in total. The van der Waals surface area contributed by atoms with E-state index in [2.05, 4.69) is 0 Å². The van der Waals surface area contributed by atoms with Crippen molar-refractivity contribution in [2.24, 2.45) is 5.92 Å². The maximum atomic E-state index is 13.1. The largest absolute Gasteiger partial charge is 0.339 e. The summed E-state index contributed by atoms with van der Waals surface area (Å²) in [5.41, 5.74) is 0.750. The Morgan fingerprint density at radius 1 is 1.08 bits per heavy atom. The highest BCUT2D eigenvalue weighted by Gasteiger charge is 2.30. The number of hydrogen-bond acceptors (Lipinski definition) is 2. The predicted molar refractivity (Wildman–Crippen MR) is 95.2 cm³/mol. The first-order valence-corrected chi connectivity index (χ1v) is 9.12. The van der Waals surface area contributed by atoms with Crippen molar-refractivity contribution in [1.82, 2.24) is 9.80 Å². The van der Waals surface area contributed by atoms with Crippen LogP contribution in [-0.4, -0.2) is 47.8 Å². The first-order valence-electron chi connectivity index (χ1n) is 9.12. The molecule has 0 spiro atoms. The molecule has 134 valence electrons. The van der Waals surface area contributed by atoms with Crippen LogP contribution >= 0.6 is 0 Å². The van der Waals surface area contributed by atoms with Crippen molar-refractivity contribution in [3.8, 4) is 0 Å². The zero-order valence-electron chi connectivity index (χ0n) is 14.5. The number of benzene rings is 1. The van der Waals surface area contributed by atoms with Crippen LogP contribution < -0.4 is 0 Å². The Balaban J connectivity index is 1.44. The summed E-state index contributed by atoms with van der Waals surface area (Å²) < 4.78 is 13.1. The van der Waals surface area contributed by atoms with E-state index in [1.165, 1.54) is 12.1 Å². The molecular formula is C20H25FN2O2. The van der Waals surface area contributed by atoms with Crippen molar-refractivity contribution in [2.45, 2.75) is 32.1 Å². The summed E-state index contributed by atoms with van der Waals surface area (Å²) in [5, 5.41) is 0. The number of amides is 2. The minimum absolute atomic E-state index is 0.0561. The molecule has 2 amide bonds. The fourth-order valence-electron chi connectivity index (χ4n) is 3.64. The van der Waals surface area contributed by atoms with Crippen LogP contribution in [0.15, 0.2) is 30.3 Å². The van der Waals surface area contributed by atoms with Gasteiger partial charge in [-0.1, -0.05) is 37.1 Å². The maximum Gasteiger partial charge on any atom is 0.226 e. The van der Waals surface area contributed by atoms with Gasteiger partial charge >= 0.3 is 0 Å². The van der Waals surface area contributed by atoms with E-state index in [0.717, 1.165) is 31.2 Å². The van der Waals surface area contributed by atoms with Crippen LogP contribution in [0.3, 0.4) is 0 Å². The van der Waals surface area contributed by atoms with E-state index >= 15 is 0 Å². The molecule has 0 unspecified atom stereocenters. The molecule has 0 atom stereocenters. The lowest BCUT2D eigenvalue weighted by molar-refractivity contribution is -0.141. The second-order valence-corrected chi connectivity index (χ2v) is 6.85. The van der Waals surface area contributed by atoms with Crippen LogP contribution in [0.25, 0.3) is 6.08 Å². The van der Waals surface area contributed by atoms with Gasteiger partial charge in [0.25, 0.3) is 0 Å². The Hall–Kier alpha value is -2.17. The number of carbonyl (C=O) groups is 2. The second kappa shape index (κ2) is 8.28. The van der Waals surface area contributed by atoms with E-state index in [0.29, 0.717) is 32.6 Å². The van der Waals surface area contributed by atoms with Crippen LogP contribution in [0.1, 0.15) is 37.7 Å². The van der Waals surface area contributed by atoms with Crippen LogP contribution in [0.5, 0.6) is 0 Å². The minimum atomic E-state index is -0.281. The number of piperazine rings is 1. The van der Waals surface area contributed by atoms with Gasteiger partial charge < -0.3 is 9.80 Å². The van der Waals surface area contributed by atoms with Gasteiger partial charge in [0.15, 0.2) is 0 Å². The van der Waals surface area contributed by atoms with Gasteiger partial charge in [0.1, 0.15) is 5.82 Å². The van der Waals surface area contributed by atoms with Gasteiger partial charge in [-0.3, -0.25) is 9.59 Å². The number of nitrogens with zero attached hydrogens (tertiary/aromatic N) is 2. The van der Waals surface area contributed by atoms with Crippen molar-refractivity contribution in [3.05, 3.63) is 41.7 Å². The summed E-state index contributed by atoms with van der Waals surface area (Å²) in [6.07, 6.45) is 8.19. The summed E-state index contributed by atoms with van der Waals surface area (Å²) in [5.74, 6) is 0.254. The summed E-state index contributed by atoms with van der Waals surface area (Å²) >= 11 is 0. The molecule has 1 aromatic rings. The van der Waals surface area contributed by atoms with E-state index in [4.69, 9.17) is 0 Å². The summed E-state index contributed by atoms with van der Waals surface area (Å²) in [7, 11) is 0. The van der Waals surface area contributed by atoms with Crippen LogP contribution in [0, 0.1) is 11.7 Å². The lowest BCUT2D eigenvalue weighted by Gasteiger charge is -2.36. The Morgan fingerprint density at radius 2 is 1.76 bits per heavy atom. The highest BCUT2D eigenvalue weighted by atomic mass is 19.1. The predicted octanol–water partition coefficient (Wildman–Crippen LogP) is 3.09. The Morgan fingerprint density at radius 3 is 2.44 bits per heavy atom. The quantitative estimate of drug-likeness (QED) is 0.842. The SMILES string of the molecule is O=C(CC=Cc1cccc(F)c1)N1CCN(C(=O)C2CCCC2)CC1. The molecule has 1 aliphatic heterocycles. The zero-order chi connectivity index (χ0) is 17.6. The van der Waals surface area contributed by atoms with Gasteiger partial charge in [-0.05, 0) is 30.5 Å². The fourth-order valence-corrected chi connectivity index (χ4v) is 3.64. The van der Waals surface area contributed by atoms with Crippen LogP contribution in [0.4, 0.5) is 4.39 Å². The minimum Gasteiger partial charge on any atom is -0.339 e. The zero-order valence-corrected chi connectivity index (χ0v) is 14.5. The maximum absolute atomic E-state index is 13.1. The third-order valence-electron chi connectivity index (χ3n) is 5.10. The first kappa shape index (κ1) is 17.6. The smallest absolute Gasteiger partial charge is 0.226 e. The van der Waals surface area contributed by atoms with E-state index in [9.17, 15) is 14.0 Å². The highest BCUT2D eigenvalue weighted by Crippen LogP contribution is 2.27. The van der Waals surface area contributed by atoms with Gasteiger partial charge in [-0.2, -0.15) is 0 Å². The summed E-state index contributed by atoms with van der Waals surface area (Å²) in [6.45, 7) is 2.47. The normalized spacial score (nSPS) is 18.9. The van der Waals surface area contributed by atoms with Crippen molar-refractivity contribution in [1.29, 1.82) is 0 Å². The first-order chi connectivity index (χ1) is 12.1. The van der Waals surface area contributed by atoms with Crippen molar-refractivity contribution in [2.75, 3.05) is 26.2 Å². The lowest BCUT2D eigenvalue weighted by atomic mass is 10.1. The average Bonchev–Trinajstić information content (AvgIpc) is 3.16. The molecule has 1 saturated carbocycles. The Labute approximate surface area is 148 Å². The second-order valence-electron chi connectivity index (χ2n) is 6.85. The Kier molecular flexibility index (Phi) is 5.84. The van der Waals surface area contributed by atoms with Gasteiger partial charge in [0, 0.05) is 38.5 Å². The van der Waals surface area contributed by atoms with Gasteiger partial charge in [-0.25, -0.2) is 4.39 Å². The number of rotatable bonds is 4. The molecule has 25 heavy (non-hydrogen) atoms. The molecule has 1 aromatic carbocycles.